The summed E-state index contributed by atoms with van der Waals surface area (Å²) in [4.78, 5) is 19.3. The largest absolute Gasteiger partial charge is 0.494 e. The van der Waals surface area contributed by atoms with Gasteiger partial charge in [-0.3, -0.25) is 4.79 Å². The molecule has 6 nitrogen and oxygen atoms in total. The lowest BCUT2D eigenvalue weighted by Crippen LogP contribution is -2.49. The Morgan fingerprint density at radius 2 is 1.61 bits per heavy atom. The first-order valence-corrected chi connectivity index (χ1v) is 14.2. The molecule has 0 aliphatic carbocycles. The predicted octanol–water partition coefficient (Wildman–Crippen LogP) is 6.57. The minimum Gasteiger partial charge on any atom is -0.494 e. The first kappa shape index (κ1) is 28.7. The van der Waals surface area contributed by atoms with Crippen molar-refractivity contribution in [3.63, 3.8) is 0 Å². The number of amides is 1. The molecule has 1 aliphatic heterocycles. The zero-order chi connectivity index (χ0) is 28.7. The van der Waals surface area contributed by atoms with Crippen LogP contribution in [0.25, 0.3) is 0 Å². The standard InChI is InChI=1S/C33H30Cl2N2O4/c34-26-14-17-28(29(35)20-26)30-33(21-23-8-3-1-4-9-23,32(39)36-22-24-10-5-2-6-11-24)37-31(41-30)25-12-15-27(16-13-25)40-19-7-18-38/h1-6,8-17,20,30,38H,7,18-19,21-22H2,(H,36,39)/t30-,33-/m1/s1. The van der Waals surface area contributed by atoms with E-state index in [4.69, 9.17) is 42.8 Å². The highest BCUT2D eigenvalue weighted by Gasteiger charge is 2.53. The number of hydrogen-bond donors (Lipinski definition) is 2. The van der Waals surface area contributed by atoms with E-state index < -0.39 is 11.6 Å². The summed E-state index contributed by atoms with van der Waals surface area (Å²) in [5, 5.41) is 13.0. The van der Waals surface area contributed by atoms with Crippen molar-refractivity contribution < 1.29 is 19.4 Å². The zero-order valence-corrected chi connectivity index (χ0v) is 23.8. The number of ether oxygens (including phenoxy) is 2. The smallest absolute Gasteiger partial charge is 0.252 e. The molecular weight excluding hydrogens is 559 g/mol. The molecule has 0 radical (unpaired) electrons. The molecule has 8 heteroatoms. The Hall–Kier alpha value is -3.84. The molecule has 4 aromatic rings. The van der Waals surface area contributed by atoms with E-state index in [9.17, 15) is 4.79 Å². The summed E-state index contributed by atoms with van der Waals surface area (Å²) in [6.07, 6.45) is 0.00392. The van der Waals surface area contributed by atoms with Crippen LogP contribution in [0.15, 0.2) is 108 Å². The topological polar surface area (TPSA) is 80.2 Å². The van der Waals surface area contributed by atoms with Gasteiger partial charge in [-0.05, 0) is 47.5 Å². The monoisotopic (exact) mass is 588 g/mol. The molecule has 0 unspecified atom stereocenters. The number of aliphatic hydroxyl groups is 1. The van der Waals surface area contributed by atoms with Gasteiger partial charge in [-0.2, -0.15) is 0 Å². The van der Waals surface area contributed by atoms with Crippen molar-refractivity contribution >= 4 is 35.0 Å². The van der Waals surface area contributed by atoms with Crippen molar-refractivity contribution in [1.29, 1.82) is 0 Å². The molecule has 0 spiro atoms. The van der Waals surface area contributed by atoms with E-state index in [1.54, 1.807) is 18.2 Å². The Kier molecular flexibility index (Phi) is 9.24. The molecule has 0 fully saturated rings. The van der Waals surface area contributed by atoms with Crippen LogP contribution in [0.4, 0.5) is 0 Å². The Balaban J connectivity index is 1.56. The lowest BCUT2D eigenvalue weighted by atomic mass is 9.82. The second-order valence-electron chi connectivity index (χ2n) is 9.79. The quantitative estimate of drug-likeness (QED) is 0.194. The minimum absolute atomic E-state index is 0.0627. The molecule has 4 aromatic carbocycles. The molecule has 2 atom stereocenters. The number of aliphatic imine (C=N–C) groups is 1. The van der Waals surface area contributed by atoms with Crippen LogP contribution in [0.5, 0.6) is 5.75 Å². The number of benzene rings is 4. The fourth-order valence-electron chi connectivity index (χ4n) is 4.81. The van der Waals surface area contributed by atoms with Gasteiger partial charge < -0.3 is 19.9 Å². The first-order valence-electron chi connectivity index (χ1n) is 13.4. The number of hydrogen-bond acceptors (Lipinski definition) is 5. The number of carbonyl (C=O) groups excluding carboxylic acids is 1. The minimum atomic E-state index is -1.36. The Morgan fingerprint density at radius 3 is 2.27 bits per heavy atom. The number of nitrogens with zero attached hydrogens (tertiary/aromatic N) is 1. The van der Waals surface area contributed by atoms with Crippen LogP contribution in [0, 0.1) is 0 Å². The molecule has 5 rings (SSSR count). The average molecular weight is 590 g/mol. The molecule has 0 saturated heterocycles. The van der Waals surface area contributed by atoms with Gasteiger partial charge in [0.15, 0.2) is 11.6 Å². The van der Waals surface area contributed by atoms with E-state index >= 15 is 0 Å². The van der Waals surface area contributed by atoms with Crippen LogP contribution in [-0.2, 0) is 22.5 Å². The van der Waals surface area contributed by atoms with Crippen molar-refractivity contribution in [2.75, 3.05) is 13.2 Å². The molecule has 2 N–H and O–H groups in total. The van der Waals surface area contributed by atoms with Gasteiger partial charge in [-0.1, -0.05) is 89.9 Å². The van der Waals surface area contributed by atoms with Crippen LogP contribution < -0.4 is 10.1 Å². The van der Waals surface area contributed by atoms with Gasteiger partial charge in [0.05, 0.1) is 6.61 Å². The molecular formula is C33H30Cl2N2O4. The second-order valence-corrected chi connectivity index (χ2v) is 10.6. The van der Waals surface area contributed by atoms with Crippen molar-refractivity contribution in [1.82, 2.24) is 5.32 Å². The molecule has 0 aromatic heterocycles. The number of nitrogens with one attached hydrogen (secondary N) is 1. The molecule has 1 aliphatic rings. The SMILES string of the molecule is O=C(NCc1ccccc1)[C@]1(Cc2ccccc2)N=C(c2ccc(OCCCO)cc2)O[C@@H]1c1ccc(Cl)cc1Cl. The van der Waals surface area contributed by atoms with Crippen LogP contribution in [0.2, 0.25) is 10.0 Å². The van der Waals surface area contributed by atoms with Crippen LogP contribution >= 0.6 is 23.2 Å². The van der Waals surface area contributed by atoms with Gasteiger partial charge in [0.1, 0.15) is 5.75 Å². The number of carbonyl (C=O) groups is 1. The van der Waals surface area contributed by atoms with Crippen LogP contribution in [0.1, 0.15) is 34.8 Å². The van der Waals surface area contributed by atoms with Crippen molar-refractivity contribution in [2.45, 2.75) is 31.0 Å². The third kappa shape index (κ3) is 6.73. The highest BCUT2D eigenvalue weighted by atomic mass is 35.5. The maximum atomic E-state index is 14.3. The third-order valence-corrected chi connectivity index (χ3v) is 7.45. The molecule has 0 bridgehead atoms. The van der Waals surface area contributed by atoms with E-state index in [1.165, 1.54) is 0 Å². The van der Waals surface area contributed by atoms with Crippen LogP contribution in [-0.4, -0.2) is 35.7 Å². The van der Waals surface area contributed by atoms with Gasteiger partial charge >= 0.3 is 0 Å². The summed E-state index contributed by atoms with van der Waals surface area (Å²) >= 11 is 12.9. The molecule has 0 saturated carbocycles. The van der Waals surface area contributed by atoms with Crippen LogP contribution in [0.3, 0.4) is 0 Å². The van der Waals surface area contributed by atoms with Crippen molar-refractivity contribution in [3.8, 4) is 5.75 Å². The summed E-state index contributed by atoms with van der Waals surface area (Å²) in [5.41, 5.74) is 1.85. The molecule has 1 heterocycles. The summed E-state index contributed by atoms with van der Waals surface area (Å²) in [7, 11) is 0. The lowest BCUT2D eigenvalue weighted by Gasteiger charge is -2.31. The normalized spacial score (nSPS) is 17.9. The zero-order valence-electron chi connectivity index (χ0n) is 22.3. The van der Waals surface area contributed by atoms with Crippen molar-refractivity contribution in [2.24, 2.45) is 4.99 Å². The van der Waals surface area contributed by atoms with E-state index in [0.717, 1.165) is 11.1 Å². The lowest BCUT2D eigenvalue weighted by molar-refractivity contribution is -0.129. The van der Waals surface area contributed by atoms with Gasteiger partial charge in [0.25, 0.3) is 5.91 Å². The van der Waals surface area contributed by atoms with Crippen molar-refractivity contribution in [3.05, 3.63) is 135 Å². The molecule has 210 valence electrons. The van der Waals surface area contributed by atoms with Gasteiger partial charge in [0, 0.05) is 47.2 Å². The molecule has 1 amide bonds. The second kappa shape index (κ2) is 13.2. The maximum absolute atomic E-state index is 14.3. The third-order valence-electron chi connectivity index (χ3n) is 6.89. The predicted molar refractivity (Wildman–Crippen MR) is 162 cm³/mol. The summed E-state index contributed by atoms with van der Waals surface area (Å²) < 4.78 is 12.2. The summed E-state index contributed by atoms with van der Waals surface area (Å²) in [6, 6.07) is 32.0. The maximum Gasteiger partial charge on any atom is 0.252 e. The molecule has 41 heavy (non-hydrogen) atoms. The number of aliphatic hydroxyl groups excluding tert-OH is 1. The number of halogens is 2. The average Bonchev–Trinajstić information content (AvgIpc) is 3.37. The first-order chi connectivity index (χ1) is 20.0. The van der Waals surface area contributed by atoms with Gasteiger partial charge in [-0.25, -0.2) is 4.99 Å². The van der Waals surface area contributed by atoms with E-state index in [1.807, 2.05) is 84.9 Å². The fourth-order valence-corrected chi connectivity index (χ4v) is 5.32. The van der Waals surface area contributed by atoms with E-state index in [2.05, 4.69) is 5.32 Å². The number of rotatable bonds is 11. The van der Waals surface area contributed by atoms with Gasteiger partial charge in [-0.15, -0.1) is 0 Å². The summed E-state index contributed by atoms with van der Waals surface area (Å²) in [6.45, 7) is 0.807. The van der Waals surface area contributed by atoms with E-state index in [-0.39, 0.29) is 18.9 Å². The fraction of sp³-hybridized carbons (Fsp3) is 0.212. The highest BCUT2D eigenvalue weighted by molar-refractivity contribution is 6.35. The summed E-state index contributed by atoms with van der Waals surface area (Å²) in [5.74, 6) is 0.711. The highest BCUT2D eigenvalue weighted by Crippen LogP contribution is 2.45. The Labute approximate surface area is 249 Å². The van der Waals surface area contributed by atoms with E-state index in [0.29, 0.717) is 52.4 Å². The van der Waals surface area contributed by atoms with Gasteiger partial charge in [0.2, 0.25) is 5.90 Å². The Bertz CT molecular complexity index is 1500. The Morgan fingerprint density at radius 1 is 0.927 bits per heavy atom.